The number of aliphatic imine (C=N–C) groups is 1. The van der Waals surface area contributed by atoms with Crippen molar-refractivity contribution >= 4 is 74.0 Å². The van der Waals surface area contributed by atoms with Gasteiger partial charge in [0.1, 0.15) is 85.8 Å². The number of imidazole rings is 1. The Hall–Kier alpha value is -13.7. The van der Waals surface area contributed by atoms with Gasteiger partial charge < -0.3 is 58.4 Å². The fourth-order valence-corrected chi connectivity index (χ4v) is 16.3. The summed E-state index contributed by atoms with van der Waals surface area (Å²) in [6, 6.07) is 53.1. The molecule has 0 atom stereocenters. The number of allylic oxidation sites excluding steroid dienone is 2. The molecule has 9 aromatic carbocycles. The second kappa shape index (κ2) is 60.3. The lowest BCUT2D eigenvalue weighted by Crippen LogP contribution is -2.36. The first kappa shape index (κ1) is 114. The molecule has 0 unspecified atom stereocenters. The standard InChI is InChI=1S/C21H20ClF2NO2.C18H14ClF2NOS.C18H23FO3.C16H18FNO.C15H17FN2O.C14H16FNO2.C13H14FNO2/c1-2-14(11-23)13-27-20-7-6-15(10-19(20)24)21(26)25-9-8-17-16(12-25)4-3-5-18(17)22;1-2-11(9-20)10-23-16-6-3-12(7-14(16)21)18-22-15-5-4-13(19)8-17(15)24-18;1-2-14(12-19)13-22-17-5-3-16(4-6-17)18(20)11-15-7-9-21-10-8-15;1-3-13(10-17)11-19-15-7-5-14(6-8-15)16-9-4-12(2)18-16;1-3-12(8-16)10-19-14-6-4-13(5-7-14)15-9-17-11(2)18-15;1-2-10(8-15)9-18-12-4-3-11-5-6-16-14(17)13(11)7-12;1-2-9(6-14)8-17-11-3-4-12-10(5-11)7-15-13(12)16/h3-7,10-11H,2,8-9,12-13H2,1H3;3-9H,2,10H2,1H3;3-6,12,15H,2,7-11,13H2,1H3;4-8,10H,3,9,11H2,1-2H3;4-9H,3,10H2,1-2H3,(H,17,18);3-4,7-8H,2,5-6,9H2,1H3,(H,16,17);3-6H,2,7-8H2,1H3,(H,15,16). The van der Waals surface area contributed by atoms with Crippen molar-refractivity contribution in [1.29, 1.82) is 0 Å². The van der Waals surface area contributed by atoms with Gasteiger partial charge in [0.25, 0.3) is 17.7 Å². The lowest BCUT2D eigenvalue weighted by atomic mass is 9.92. The number of carbonyl (C=O) groups excluding carboxylic acids is 4. The van der Waals surface area contributed by atoms with Gasteiger partial charge in [-0.3, -0.25) is 24.2 Å². The van der Waals surface area contributed by atoms with Crippen LogP contribution in [0.4, 0.5) is 39.5 Å². The minimum absolute atomic E-state index is 0.00452. The topological polar surface area (TPSA) is 223 Å². The molecule has 772 valence electrons. The van der Waals surface area contributed by atoms with E-state index in [-0.39, 0.29) is 80.2 Å². The van der Waals surface area contributed by atoms with Gasteiger partial charge in [-0.05, 0) is 327 Å². The maximum atomic E-state index is 14.3. The average molecular weight is 2070 g/mol. The molecule has 0 spiro atoms. The molecule has 0 aliphatic carbocycles. The van der Waals surface area contributed by atoms with Crippen molar-refractivity contribution in [3.63, 3.8) is 0 Å². The molecule has 1 fully saturated rings. The maximum absolute atomic E-state index is 14.3. The predicted octanol–water partition coefficient (Wildman–Crippen LogP) is 29.7. The Bertz CT molecular complexity index is 6470. The zero-order valence-electron chi connectivity index (χ0n) is 83.2. The summed E-state index contributed by atoms with van der Waals surface area (Å²) >= 11 is 13.6. The van der Waals surface area contributed by atoms with Gasteiger partial charge in [0, 0.05) is 95.8 Å². The molecule has 19 nitrogen and oxygen atoms in total. The zero-order valence-corrected chi connectivity index (χ0v) is 85.6. The number of fused-ring (bicyclic) bond motifs is 4. The van der Waals surface area contributed by atoms with E-state index in [2.05, 4.69) is 36.7 Å². The number of nitrogens with zero attached hydrogens (tertiary/aromatic N) is 4. The van der Waals surface area contributed by atoms with Gasteiger partial charge in [0.2, 0.25) is 0 Å². The van der Waals surface area contributed by atoms with Crippen LogP contribution in [0.25, 0.3) is 32.0 Å². The Morgan fingerprint density at radius 2 is 0.979 bits per heavy atom. The van der Waals surface area contributed by atoms with Crippen LogP contribution in [0, 0.1) is 24.5 Å². The van der Waals surface area contributed by atoms with Crippen LogP contribution in [0.15, 0.2) is 288 Å². The Morgan fingerprint density at radius 3 is 1.49 bits per heavy atom. The molecule has 2 aromatic heterocycles. The molecule has 11 aromatic rings. The van der Waals surface area contributed by atoms with Crippen LogP contribution in [-0.4, -0.2) is 122 Å². The minimum atomic E-state index is -0.643. The van der Waals surface area contributed by atoms with Gasteiger partial charge >= 0.3 is 0 Å². The molecule has 0 saturated carbocycles. The SMILES string of the molecule is CCC(=CF)COc1ccc(-c2cnc(C)[nH]2)cc1.CCC(=CF)COc1ccc(-c2nc3ccc(Cl)cc3s2)cc1F.CCC(=CF)COc1ccc(C(=O)CC2CCOCC2)cc1.CCC(=CF)COc1ccc(C(=O)N2CCc3c(Cl)cccc3C2)cc1F.CCC(=CF)COc1ccc(C2=NC(C)=CC2)cc1.CCC(=CF)COc1ccc2c(c1)C(=O)NCC2.CCC(=CF)COc1ccc2c(c1)CNC2=O. The first-order valence-electron chi connectivity index (χ1n) is 48.4. The summed E-state index contributed by atoms with van der Waals surface area (Å²) in [5, 5.41) is 7.57. The van der Waals surface area contributed by atoms with Gasteiger partial charge in [0.05, 0.1) is 72.1 Å². The second-order valence-electron chi connectivity index (χ2n) is 34.2. The first-order chi connectivity index (χ1) is 70.8. The van der Waals surface area contributed by atoms with E-state index < -0.39 is 11.6 Å². The van der Waals surface area contributed by atoms with E-state index in [0.29, 0.717) is 234 Å². The molecule has 0 bridgehead atoms. The third-order valence-electron chi connectivity index (χ3n) is 24.1. The molecule has 3 N–H and O–H groups in total. The molecular formula is C115H122Cl2F9N7O12S. The number of hydrogen-bond donors (Lipinski definition) is 3. The van der Waals surface area contributed by atoms with E-state index >= 15 is 0 Å². The highest BCUT2D eigenvalue weighted by Crippen LogP contribution is 2.36. The molecule has 146 heavy (non-hydrogen) atoms. The first-order valence-corrected chi connectivity index (χ1v) is 49.9. The zero-order chi connectivity index (χ0) is 105. The predicted molar refractivity (Wildman–Crippen MR) is 560 cm³/mol. The Labute approximate surface area is 861 Å². The Balaban J connectivity index is 0.000000175. The summed E-state index contributed by atoms with van der Waals surface area (Å²) in [5.74, 6) is 3.44. The van der Waals surface area contributed by atoms with E-state index in [4.69, 9.17) is 61.1 Å². The number of carbonyl (C=O) groups is 4. The van der Waals surface area contributed by atoms with Crippen LogP contribution in [0.2, 0.25) is 10.0 Å². The number of halogens is 11. The number of hydrogen-bond acceptors (Lipinski definition) is 16. The van der Waals surface area contributed by atoms with E-state index in [1.54, 1.807) is 72.6 Å². The van der Waals surface area contributed by atoms with Crippen LogP contribution >= 0.6 is 34.5 Å². The number of Topliss-reactive ketones (excluding diaryl/α,β-unsaturated/α-hetero) is 1. The number of amides is 3. The third kappa shape index (κ3) is 35.3. The Kier molecular flexibility index (Phi) is 47.1. The van der Waals surface area contributed by atoms with E-state index in [9.17, 15) is 58.7 Å². The van der Waals surface area contributed by atoms with Crippen molar-refractivity contribution in [3.05, 3.63) is 361 Å². The summed E-state index contributed by atoms with van der Waals surface area (Å²) in [6.45, 7) is 21.9. The summed E-state index contributed by atoms with van der Waals surface area (Å²) in [5.41, 5.74) is 17.1. The highest BCUT2D eigenvalue weighted by atomic mass is 35.5. The number of thiazole rings is 1. The van der Waals surface area contributed by atoms with Gasteiger partial charge in [-0.15, -0.1) is 11.3 Å². The molecular weight excluding hydrogens is 1950 g/mol. The van der Waals surface area contributed by atoms with Crippen LogP contribution in [0.5, 0.6) is 40.2 Å². The van der Waals surface area contributed by atoms with Gasteiger partial charge in [-0.2, -0.15) is 0 Å². The molecule has 0 radical (unpaired) electrons. The highest BCUT2D eigenvalue weighted by molar-refractivity contribution is 7.21. The number of aromatic nitrogens is 3. The van der Waals surface area contributed by atoms with Crippen molar-refractivity contribution in [2.45, 2.75) is 159 Å². The van der Waals surface area contributed by atoms with Crippen molar-refractivity contribution in [2.75, 3.05) is 72.6 Å². The molecule has 16 rings (SSSR count). The lowest BCUT2D eigenvalue weighted by Gasteiger charge is -2.29. The van der Waals surface area contributed by atoms with Gasteiger partial charge in [0.15, 0.2) is 28.9 Å². The van der Waals surface area contributed by atoms with E-state index in [1.165, 1.54) is 35.6 Å². The average Bonchev–Trinajstić information content (AvgIpc) is 1.59. The third-order valence-corrected chi connectivity index (χ3v) is 25.8. The lowest BCUT2D eigenvalue weighted by molar-refractivity contribution is 0.0600. The minimum Gasteiger partial charge on any atom is -0.489 e. The largest absolute Gasteiger partial charge is 0.489 e. The highest BCUT2D eigenvalue weighted by Gasteiger charge is 2.27. The number of aryl methyl sites for hydroxylation is 1. The molecule has 5 aliphatic heterocycles. The normalized spacial score (nSPS) is 14.1. The summed E-state index contributed by atoms with van der Waals surface area (Å²) < 4.78 is 160. The number of nitrogens with one attached hydrogen (secondary N) is 3. The number of ether oxygens (including phenoxy) is 8. The number of ketones is 1. The summed E-state index contributed by atoms with van der Waals surface area (Å²) in [7, 11) is 0. The fourth-order valence-electron chi connectivity index (χ4n) is 14.8. The summed E-state index contributed by atoms with van der Waals surface area (Å²) in [4.78, 5) is 65.9. The van der Waals surface area contributed by atoms with Crippen molar-refractivity contribution in [2.24, 2.45) is 10.9 Å². The van der Waals surface area contributed by atoms with E-state index in [1.807, 2.05) is 152 Å². The van der Waals surface area contributed by atoms with Crippen LogP contribution in [0.1, 0.15) is 201 Å². The molecule has 31 heteroatoms. The van der Waals surface area contributed by atoms with Crippen LogP contribution in [-0.2, 0) is 30.7 Å². The second-order valence-corrected chi connectivity index (χ2v) is 36.1. The number of aromatic amines is 1. The molecule has 7 heterocycles. The molecule has 1 saturated heterocycles. The fraction of sp³-hybridized carbons (Fsp3) is 0.313. The van der Waals surface area contributed by atoms with Gasteiger partial charge in [-0.25, -0.2) is 49.5 Å². The van der Waals surface area contributed by atoms with Crippen LogP contribution < -0.4 is 43.8 Å². The number of H-pyrrole nitrogens is 1. The smallest absolute Gasteiger partial charge is 0.254 e. The van der Waals surface area contributed by atoms with Gasteiger partial charge in [-0.1, -0.05) is 95.9 Å². The van der Waals surface area contributed by atoms with E-state index in [0.717, 1.165) is 123 Å². The summed E-state index contributed by atoms with van der Waals surface area (Å²) in [6.07, 6.45) is 16.9. The maximum Gasteiger partial charge on any atom is 0.254 e. The number of rotatable bonds is 35. The monoisotopic (exact) mass is 2070 g/mol. The van der Waals surface area contributed by atoms with Crippen molar-refractivity contribution in [3.8, 4) is 62.1 Å². The number of benzene rings is 9. The molecule has 3 amide bonds. The van der Waals surface area contributed by atoms with Crippen molar-refractivity contribution in [1.82, 2.24) is 30.5 Å². The quantitative estimate of drug-likeness (QED) is 0.0248. The van der Waals surface area contributed by atoms with Crippen LogP contribution in [0.3, 0.4) is 0 Å². The Morgan fingerprint density at radius 1 is 0.493 bits per heavy atom. The molecule has 5 aliphatic rings. The van der Waals surface area contributed by atoms with Crippen molar-refractivity contribution < 1.29 is 96.6 Å².